The second-order valence-corrected chi connectivity index (χ2v) is 6.42. The number of nitrogens with one attached hydrogen (secondary N) is 2. The first-order valence-electron chi connectivity index (χ1n) is 8.60. The zero-order chi connectivity index (χ0) is 17.2. The maximum atomic E-state index is 4.34. The molecule has 7 heteroatoms. The molecule has 2 atom stereocenters. The predicted molar refractivity (Wildman–Crippen MR) is 113 cm³/mol. The number of aromatic nitrogens is 2. The van der Waals surface area contributed by atoms with E-state index in [0.29, 0.717) is 6.04 Å². The third-order valence-electron chi connectivity index (χ3n) is 4.04. The molecule has 0 bridgehead atoms. The van der Waals surface area contributed by atoms with Gasteiger partial charge in [0.15, 0.2) is 5.96 Å². The summed E-state index contributed by atoms with van der Waals surface area (Å²) in [5.74, 6) is 0.865. The highest BCUT2D eigenvalue weighted by Crippen LogP contribution is 2.16. The number of rotatable bonds is 9. The highest BCUT2D eigenvalue weighted by Gasteiger charge is 2.16. The zero-order valence-electron chi connectivity index (χ0n) is 16.0. The molecule has 0 radical (unpaired) electrons. The summed E-state index contributed by atoms with van der Waals surface area (Å²) in [5.41, 5.74) is 1.21. The Morgan fingerprint density at radius 3 is 2.58 bits per heavy atom. The minimum atomic E-state index is 0. The molecule has 2 N–H and O–H groups in total. The van der Waals surface area contributed by atoms with E-state index in [4.69, 9.17) is 0 Å². The van der Waals surface area contributed by atoms with Crippen molar-refractivity contribution in [2.75, 3.05) is 27.7 Å². The van der Waals surface area contributed by atoms with Gasteiger partial charge in [0, 0.05) is 38.4 Å². The van der Waals surface area contributed by atoms with Crippen LogP contribution in [0.4, 0.5) is 0 Å². The molecule has 0 saturated carbocycles. The van der Waals surface area contributed by atoms with Gasteiger partial charge in [0.25, 0.3) is 0 Å². The smallest absolute Gasteiger partial charge is 0.191 e. The Bertz CT molecular complexity index is 471. The number of nitrogens with zero attached hydrogens (tertiary/aromatic N) is 4. The van der Waals surface area contributed by atoms with E-state index in [-0.39, 0.29) is 30.0 Å². The Hall–Kier alpha value is -0.830. The molecule has 140 valence electrons. The van der Waals surface area contributed by atoms with Gasteiger partial charge in [-0.3, -0.25) is 9.67 Å². The predicted octanol–water partition coefficient (Wildman–Crippen LogP) is 2.77. The van der Waals surface area contributed by atoms with Crippen molar-refractivity contribution in [3.8, 4) is 0 Å². The number of hydrogen-bond acceptors (Lipinski definition) is 3. The van der Waals surface area contributed by atoms with Crippen molar-refractivity contribution in [2.24, 2.45) is 12.0 Å². The van der Waals surface area contributed by atoms with Crippen LogP contribution in [0.1, 0.15) is 51.1 Å². The molecule has 0 aliphatic heterocycles. The maximum Gasteiger partial charge on any atom is 0.191 e. The van der Waals surface area contributed by atoms with E-state index in [9.17, 15) is 0 Å². The lowest BCUT2D eigenvalue weighted by atomic mass is 10.1. The van der Waals surface area contributed by atoms with Crippen LogP contribution in [-0.2, 0) is 7.05 Å². The van der Waals surface area contributed by atoms with Crippen LogP contribution in [-0.4, -0.2) is 54.4 Å². The van der Waals surface area contributed by atoms with E-state index in [1.165, 1.54) is 31.2 Å². The molecule has 0 saturated heterocycles. The van der Waals surface area contributed by atoms with E-state index >= 15 is 0 Å². The van der Waals surface area contributed by atoms with Gasteiger partial charge >= 0.3 is 0 Å². The zero-order valence-corrected chi connectivity index (χ0v) is 18.4. The highest BCUT2D eigenvalue weighted by atomic mass is 127. The molecule has 0 aliphatic rings. The number of guanidine groups is 1. The molecule has 0 aromatic carbocycles. The average molecular weight is 450 g/mol. The van der Waals surface area contributed by atoms with Crippen LogP contribution in [0.5, 0.6) is 0 Å². The summed E-state index contributed by atoms with van der Waals surface area (Å²) < 4.78 is 1.84. The fourth-order valence-corrected chi connectivity index (χ4v) is 2.60. The van der Waals surface area contributed by atoms with Crippen LogP contribution in [0, 0.1) is 0 Å². The van der Waals surface area contributed by atoms with Crippen molar-refractivity contribution in [3.05, 3.63) is 18.0 Å². The van der Waals surface area contributed by atoms with Gasteiger partial charge in [-0.1, -0.05) is 26.2 Å². The second kappa shape index (κ2) is 12.5. The Labute approximate surface area is 164 Å². The molecule has 1 aromatic heterocycles. The number of unbranched alkanes of at least 4 members (excludes halogenated alkanes) is 2. The van der Waals surface area contributed by atoms with Gasteiger partial charge in [0.1, 0.15) is 0 Å². The first kappa shape index (κ1) is 23.2. The van der Waals surface area contributed by atoms with Gasteiger partial charge in [-0.15, -0.1) is 24.0 Å². The molecule has 1 rings (SSSR count). The van der Waals surface area contributed by atoms with Crippen molar-refractivity contribution in [1.29, 1.82) is 0 Å². The number of halogens is 1. The molecule has 0 aliphatic carbocycles. The van der Waals surface area contributed by atoms with E-state index in [1.807, 2.05) is 25.0 Å². The standard InChI is InChI=1S/C17H34N6.HI/c1-7-8-9-10-14(2)21-17(18-3)19-12-16(22(4)5)15-11-20-23(6)13-15;/h11,13-14,16H,7-10,12H2,1-6H3,(H2,18,19,21);1H. The van der Waals surface area contributed by atoms with Crippen LogP contribution >= 0.6 is 24.0 Å². The van der Waals surface area contributed by atoms with Crippen molar-refractivity contribution < 1.29 is 0 Å². The van der Waals surface area contributed by atoms with Gasteiger partial charge in [-0.2, -0.15) is 5.10 Å². The summed E-state index contributed by atoms with van der Waals surface area (Å²) >= 11 is 0. The third-order valence-corrected chi connectivity index (χ3v) is 4.04. The van der Waals surface area contributed by atoms with E-state index in [2.05, 4.69) is 59.8 Å². The summed E-state index contributed by atoms with van der Waals surface area (Å²) in [4.78, 5) is 6.54. The van der Waals surface area contributed by atoms with Crippen molar-refractivity contribution in [3.63, 3.8) is 0 Å². The normalized spacial score (nSPS) is 14.2. The lowest BCUT2D eigenvalue weighted by Gasteiger charge is -2.25. The van der Waals surface area contributed by atoms with E-state index < -0.39 is 0 Å². The van der Waals surface area contributed by atoms with Crippen molar-refractivity contribution in [2.45, 2.75) is 51.6 Å². The Morgan fingerprint density at radius 2 is 2.08 bits per heavy atom. The van der Waals surface area contributed by atoms with Crippen LogP contribution in [0.15, 0.2) is 17.4 Å². The summed E-state index contributed by atoms with van der Waals surface area (Å²) in [6.07, 6.45) is 8.98. The molecular weight excluding hydrogens is 415 g/mol. The van der Waals surface area contributed by atoms with Crippen LogP contribution < -0.4 is 10.6 Å². The Morgan fingerprint density at radius 1 is 1.38 bits per heavy atom. The second-order valence-electron chi connectivity index (χ2n) is 6.42. The van der Waals surface area contributed by atoms with Gasteiger partial charge in [0.05, 0.1) is 12.2 Å². The number of hydrogen-bond donors (Lipinski definition) is 2. The highest BCUT2D eigenvalue weighted by molar-refractivity contribution is 14.0. The summed E-state index contributed by atoms with van der Waals surface area (Å²) in [6, 6.07) is 0.696. The van der Waals surface area contributed by atoms with Gasteiger partial charge in [-0.25, -0.2) is 0 Å². The number of likely N-dealkylation sites (N-methyl/N-ethyl adjacent to an activating group) is 1. The number of aryl methyl sites for hydroxylation is 1. The fraction of sp³-hybridized carbons (Fsp3) is 0.765. The lowest BCUT2D eigenvalue weighted by molar-refractivity contribution is 0.297. The first-order valence-corrected chi connectivity index (χ1v) is 8.60. The Kier molecular flexibility index (Phi) is 12.1. The van der Waals surface area contributed by atoms with E-state index in [0.717, 1.165) is 12.5 Å². The molecule has 0 fully saturated rings. The quantitative estimate of drug-likeness (QED) is 0.263. The third kappa shape index (κ3) is 8.32. The van der Waals surface area contributed by atoms with E-state index in [1.54, 1.807) is 0 Å². The maximum absolute atomic E-state index is 4.34. The van der Waals surface area contributed by atoms with Crippen LogP contribution in [0.2, 0.25) is 0 Å². The minimum absolute atomic E-state index is 0. The van der Waals surface area contributed by atoms with Crippen LogP contribution in [0.25, 0.3) is 0 Å². The first-order chi connectivity index (χ1) is 11.0. The largest absolute Gasteiger partial charge is 0.354 e. The monoisotopic (exact) mass is 450 g/mol. The Balaban J connectivity index is 0.00000529. The number of aliphatic imine (C=N–C) groups is 1. The molecule has 0 amide bonds. The summed E-state index contributed by atoms with van der Waals surface area (Å²) in [7, 11) is 7.94. The van der Waals surface area contributed by atoms with Crippen LogP contribution in [0.3, 0.4) is 0 Å². The minimum Gasteiger partial charge on any atom is -0.354 e. The topological polar surface area (TPSA) is 57.5 Å². The molecular formula is C17H35IN6. The van der Waals surface area contributed by atoms with Crippen molar-refractivity contribution in [1.82, 2.24) is 25.3 Å². The van der Waals surface area contributed by atoms with Crippen molar-refractivity contribution >= 4 is 29.9 Å². The SMILES string of the molecule is CCCCCC(C)NC(=NC)NCC(c1cnn(C)c1)N(C)C.I. The lowest BCUT2D eigenvalue weighted by Crippen LogP contribution is -2.45. The summed E-state index contributed by atoms with van der Waals surface area (Å²) in [5, 5.41) is 11.2. The average Bonchev–Trinajstić information content (AvgIpc) is 2.92. The van der Waals surface area contributed by atoms with Gasteiger partial charge in [-0.05, 0) is 27.4 Å². The molecule has 24 heavy (non-hydrogen) atoms. The molecule has 2 unspecified atom stereocenters. The molecule has 1 heterocycles. The molecule has 0 spiro atoms. The molecule has 1 aromatic rings. The molecule has 6 nitrogen and oxygen atoms in total. The fourth-order valence-electron chi connectivity index (χ4n) is 2.60. The van der Waals surface area contributed by atoms with Gasteiger partial charge < -0.3 is 15.5 Å². The van der Waals surface area contributed by atoms with Gasteiger partial charge in [0.2, 0.25) is 0 Å². The summed E-state index contributed by atoms with van der Waals surface area (Å²) in [6.45, 7) is 5.24.